The highest BCUT2D eigenvalue weighted by molar-refractivity contribution is 5.99. The monoisotopic (exact) mass is 374 g/mol. The molecule has 1 aliphatic rings. The molecule has 0 aromatic heterocycles. The molecule has 0 radical (unpaired) electrons. The van der Waals surface area contributed by atoms with Crippen molar-refractivity contribution < 1.29 is 29.9 Å². The molecule has 3 amide bonds. The molecule has 0 aliphatic carbocycles. The maximum atomic E-state index is 12.4. The van der Waals surface area contributed by atoms with Crippen LogP contribution in [0.5, 0.6) is 0 Å². The summed E-state index contributed by atoms with van der Waals surface area (Å²) in [6.07, 6.45) is 5.91. The van der Waals surface area contributed by atoms with Crippen molar-refractivity contribution in [3.05, 3.63) is 0 Å². The van der Waals surface area contributed by atoms with Gasteiger partial charge in [0, 0.05) is 13.0 Å². The third-order valence-corrected chi connectivity index (χ3v) is 4.61. The van der Waals surface area contributed by atoms with Gasteiger partial charge in [-0.2, -0.15) is 0 Å². The van der Waals surface area contributed by atoms with Crippen LogP contribution in [0.4, 0.5) is 0 Å². The summed E-state index contributed by atoms with van der Waals surface area (Å²) < 4.78 is 0. The number of carbonyl (C=O) groups excluding carboxylic acids is 3. The molecular weight excluding hydrogens is 344 g/mol. The molecule has 1 aliphatic heterocycles. The van der Waals surface area contributed by atoms with E-state index < -0.39 is 23.6 Å². The van der Waals surface area contributed by atoms with Crippen LogP contribution in [-0.2, 0) is 14.4 Å². The zero-order valence-corrected chi connectivity index (χ0v) is 14.9. The van der Waals surface area contributed by atoms with Gasteiger partial charge in [0.25, 0.3) is 5.91 Å². The first-order valence-electron chi connectivity index (χ1n) is 9.08. The Morgan fingerprint density at radius 3 is 2.35 bits per heavy atom. The maximum Gasteiger partial charge on any atom is 0.255 e. The van der Waals surface area contributed by atoms with Gasteiger partial charge in [0.05, 0.1) is 12.6 Å². The van der Waals surface area contributed by atoms with Crippen molar-refractivity contribution in [1.29, 1.82) is 0 Å². The Hall–Kier alpha value is -1.75. The summed E-state index contributed by atoms with van der Waals surface area (Å²) >= 11 is 0. The van der Waals surface area contributed by atoms with Crippen LogP contribution in [0.3, 0.4) is 0 Å². The van der Waals surface area contributed by atoms with Crippen molar-refractivity contribution >= 4 is 17.7 Å². The molecule has 1 saturated heterocycles. The number of carbonyl (C=O) groups is 3. The molecule has 0 aromatic rings. The summed E-state index contributed by atoms with van der Waals surface area (Å²) in [5, 5.41) is 28.2. The fraction of sp³-hybridized carbons (Fsp3) is 0.812. The van der Waals surface area contributed by atoms with Gasteiger partial charge in [0.1, 0.15) is 5.92 Å². The smallest absolute Gasteiger partial charge is 0.255 e. The molecule has 1 rings (SSSR count). The SMILES string of the molecule is O=C(CCCCCCCC(C(=O)NO)C(=O)NN1CCCC1CO)NO. The van der Waals surface area contributed by atoms with E-state index in [0.717, 1.165) is 32.1 Å². The Morgan fingerprint density at radius 1 is 1.00 bits per heavy atom. The topological polar surface area (TPSA) is 151 Å². The molecule has 0 saturated carbocycles. The highest BCUT2D eigenvalue weighted by Crippen LogP contribution is 2.17. The van der Waals surface area contributed by atoms with Crippen molar-refractivity contribution in [2.24, 2.45) is 5.92 Å². The second-order valence-electron chi connectivity index (χ2n) is 6.52. The predicted octanol–water partition coefficient (Wildman–Crippen LogP) is -0.168. The summed E-state index contributed by atoms with van der Waals surface area (Å²) in [6.45, 7) is 0.553. The molecule has 1 heterocycles. The average molecular weight is 374 g/mol. The van der Waals surface area contributed by atoms with E-state index in [4.69, 9.17) is 10.4 Å². The predicted molar refractivity (Wildman–Crippen MR) is 90.6 cm³/mol. The van der Waals surface area contributed by atoms with Crippen LogP contribution in [0.25, 0.3) is 0 Å². The molecule has 1 fully saturated rings. The molecular formula is C16H30N4O6. The van der Waals surface area contributed by atoms with Crippen molar-refractivity contribution in [1.82, 2.24) is 21.4 Å². The summed E-state index contributed by atoms with van der Waals surface area (Å²) in [7, 11) is 0. The van der Waals surface area contributed by atoms with Gasteiger partial charge < -0.3 is 5.11 Å². The Labute approximate surface area is 152 Å². The van der Waals surface area contributed by atoms with Crippen molar-refractivity contribution in [3.63, 3.8) is 0 Å². The fourth-order valence-corrected chi connectivity index (χ4v) is 3.07. The number of aliphatic hydroxyl groups is 1. The van der Waals surface area contributed by atoms with Gasteiger partial charge in [-0.15, -0.1) is 0 Å². The first-order valence-corrected chi connectivity index (χ1v) is 9.08. The minimum absolute atomic E-state index is 0.0640. The quantitative estimate of drug-likeness (QED) is 0.120. The number of nitrogens with zero attached hydrogens (tertiary/aromatic N) is 1. The van der Waals surface area contributed by atoms with E-state index in [1.54, 1.807) is 16.0 Å². The maximum absolute atomic E-state index is 12.4. The number of unbranched alkanes of at least 4 members (excludes halogenated alkanes) is 4. The molecule has 2 unspecified atom stereocenters. The number of hydrogen-bond acceptors (Lipinski definition) is 7. The van der Waals surface area contributed by atoms with Crippen LogP contribution in [0.2, 0.25) is 0 Å². The lowest BCUT2D eigenvalue weighted by Gasteiger charge is -2.25. The summed E-state index contributed by atoms with van der Waals surface area (Å²) in [5.74, 6) is -2.65. The fourth-order valence-electron chi connectivity index (χ4n) is 3.07. The van der Waals surface area contributed by atoms with E-state index in [0.29, 0.717) is 25.8 Å². The first-order chi connectivity index (χ1) is 12.5. The van der Waals surface area contributed by atoms with E-state index in [-0.39, 0.29) is 19.1 Å². The number of hydroxylamine groups is 2. The highest BCUT2D eigenvalue weighted by Gasteiger charge is 2.31. The molecule has 0 bridgehead atoms. The van der Waals surface area contributed by atoms with Gasteiger partial charge in [-0.1, -0.05) is 25.7 Å². The lowest BCUT2D eigenvalue weighted by molar-refractivity contribution is -0.143. The zero-order chi connectivity index (χ0) is 19.4. The van der Waals surface area contributed by atoms with Crippen molar-refractivity contribution in [3.8, 4) is 0 Å². The number of rotatable bonds is 12. The number of aliphatic hydroxyl groups excluding tert-OH is 1. The van der Waals surface area contributed by atoms with Crippen LogP contribution >= 0.6 is 0 Å². The van der Waals surface area contributed by atoms with E-state index in [1.165, 1.54) is 0 Å². The first kappa shape index (κ1) is 22.3. The van der Waals surface area contributed by atoms with Crippen LogP contribution in [0.1, 0.15) is 57.8 Å². The van der Waals surface area contributed by atoms with Gasteiger partial charge in [-0.25, -0.2) is 16.0 Å². The van der Waals surface area contributed by atoms with Crippen LogP contribution in [0.15, 0.2) is 0 Å². The van der Waals surface area contributed by atoms with Crippen LogP contribution < -0.4 is 16.4 Å². The second kappa shape index (κ2) is 12.6. The lowest BCUT2D eigenvalue weighted by atomic mass is 9.99. The second-order valence-corrected chi connectivity index (χ2v) is 6.52. The molecule has 150 valence electrons. The van der Waals surface area contributed by atoms with Gasteiger partial charge in [0.2, 0.25) is 11.8 Å². The van der Waals surface area contributed by atoms with E-state index in [9.17, 15) is 19.5 Å². The zero-order valence-electron chi connectivity index (χ0n) is 14.9. The number of hydrazine groups is 1. The third-order valence-electron chi connectivity index (χ3n) is 4.61. The molecule has 6 N–H and O–H groups in total. The van der Waals surface area contributed by atoms with Gasteiger partial charge in [-0.3, -0.25) is 30.2 Å². The number of nitrogens with one attached hydrogen (secondary N) is 3. The average Bonchev–Trinajstić information content (AvgIpc) is 3.09. The molecule has 0 aromatic carbocycles. The lowest BCUT2D eigenvalue weighted by Crippen LogP contribution is -2.51. The largest absolute Gasteiger partial charge is 0.395 e. The van der Waals surface area contributed by atoms with E-state index in [1.807, 2.05) is 0 Å². The Bertz CT molecular complexity index is 462. The molecule has 10 nitrogen and oxygen atoms in total. The van der Waals surface area contributed by atoms with Crippen molar-refractivity contribution in [2.75, 3.05) is 13.2 Å². The third kappa shape index (κ3) is 7.65. The Balaban J connectivity index is 2.33. The Kier molecular flexibility index (Phi) is 10.8. The summed E-state index contributed by atoms with van der Waals surface area (Å²) in [5.41, 5.74) is 5.79. The van der Waals surface area contributed by atoms with Gasteiger partial charge >= 0.3 is 0 Å². The highest BCUT2D eigenvalue weighted by atomic mass is 16.5. The summed E-state index contributed by atoms with van der Waals surface area (Å²) in [4.78, 5) is 35.0. The molecule has 2 atom stereocenters. The summed E-state index contributed by atoms with van der Waals surface area (Å²) in [6, 6.07) is -0.145. The van der Waals surface area contributed by atoms with Crippen LogP contribution in [0, 0.1) is 5.92 Å². The van der Waals surface area contributed by atoms with Crippen molar-refractivity contribution in [2.45, 2.75) is 63.8 Å². The van der Waals surface area contributed by atoms with Crippen LogP contribution in [-0.4, -0.2) is 57.4 Å². The number of amides is 3. The molecule has 10 heteroatoms. The van der Waals surface area contributed by atoms with E-state index >= 15 is 0 Å². The minimum atomic E-state index is -1.000. The normalized spacial score (nSPS) is 18.3. The minimum Gasteiger partial charge on any atom is -0.395 e. The van der Waals surface area contributed by atoms with E-state index in [2.05, 4.69) is 5.43 Å². The molecule has 0 spiro atoms. The number of hydrogen-bond donors (Lipinski definition) is 6. The standard InChI is InChI=1S/C16H30N4O6/c21-11-12-7-6-10-20(12)17-15(23)13(16(24)19-26)8-4-2-1-3-5-9-14(22)18-25/h12-13,21,25-26H,1-11H2,(H,17,23)(H,18,22)(H,19,24). The van der Waals surface area contributed by atoms with Gasteiger partial charge in [-0.05, 0) is 25.7 Å². The molecule has 26 heavy (non-hydrogen) atoms. The van der Waals surface area contributed by atoms with Gasteiger partial charge in [0.15, 0.2) is 0 Å². The Morgan fingerprint density at radius 2 is 1.69 bits per heavy atom.